The van der Waals surface area contributed by atoms with Gasteiger partial charge < -0.3 is 5.11 Å². The van der Waals surface area contributed by atoms with Crippen LogP contribution >= 0.6 is 0 Å². The molecule has 1 aliphatic rings. The summed E-state index contributed by atoms with van der Waals surface area (Å²) >= 11 is 0. The van der Waals surface area contributed by atoms with Crippen LogP contribution in [0.4, 0.5) is 0 Å². The van der Waals surface area contributed by atoms with Gasteiger partial charge in [0.25, 0.3) is 0 Å². The summed E-state index contributed by atoms with van der Waals surface area (Å²) in [6.45, 7) is 4.25. The van der Waals surface area contributed by atoms with Crippen molar-refractivity contribution in [2.24, 2.45) is 5.92 Å². The van der Waals surface area contributed by atoms with E-state index in [2.05, 4.69) is 11.0 Å². The summed E-state index contributed by atoms with van der Waals surface area (Å²) < 4.78 is 0. The molecule has 0 bridgehead atoms. The fourth-order valence-electron chi connectivity index (χ4n) is 2.35. The summed E-state index contributed by atoms with van der Waals surface area (Å²) in [5, 5.41) is 18.6. The minimum Gasteiger partial charge on any atom is -0.389 e. The second kappa shape index (κ2) is 4.29. The molecule has 0 amide bonds. The Morgan fingerprint density at radius 3 is 2.64 bits per heavy atom. The lowest BCUT2D eigenvalue weighted by Crippen LogP contribution is -2.43. The Morgan fingerprint density at radius 1 is 1.50 bits per heavy atom. The highest BCUT2D eigenvalue weighted by Crippen LogP contribution is 2.29. The van der Waals surface area contributed by atoms with Crippen LogP contribution in [-0.4, -0.2) is 35.2 Å². The van der Waals surface area contributed by atoms with Gasteiger partial charge in [0.15, 0.2) is 0 Å². The molecule has 0 aliphatic heterocycles. The summed E-state index contributed by atoms with van der Waals surface area (Å²) in [4.78, 5) is 2.13. The normalized spacial score (nSPS) is 28.0. The maximum absolute atomic E-state index is 9.68. The lowest BCUT2D eigenvalue weighted by molar-refractivity contribution is 0.0284. The van der Waals surface area contributed by atoms with E-state index >= 15 is 0 Å². The van der Waals surface area contributed by atoms with Crippen molar-refractivity contribution in [1.29, 1.82) is 5.26 Å². The third kappa shape index (κ3) is 2.97. The molecule has 1 rings (SSSR count). The van der Waals surface area contributed by atoms with Gasteiger partial charge in [0.2, 0.25) is 0 Å². The topological polar surface area (TPSA) is 47.3 Å². The van der Waals surface area contributed by atoms with E-state index in [1.807, 2.05) is 7.05 Å². The van der Waals surface area contributed by atoms with Gasteiger partial charge >= 0.3 is 0 Å². The van der Waals surface area contributed by atoms with Crippen LogP contribution in [0.3, 0.4) is 0 Å². The predicted molar refractivity (Wildman–Crippen MR) is 55.7 cm³/mol. The first-order valence-electron chi connectivity index (χ1n) is 5.26. The van der Waals surface area contributed by atoms with Crippen molar-refractivity contribution in [2.75, 3.05) is 13.6 Å². The van der Waals surface area contributed by atoms with Crippen LogP contribution in [0, 0.1) is 17.2 Å². The molecule has 1 fully saturated rings. The molecule has 0 aromatic heterocycles. The van der Waals surface area contributed by atoms with Crippen molar-refractivity contribution in [3.63, 3.8) is 0 Å². The van der Waals surface area contributed by atoms with Crippen LogP contribution in [0.25, 0.3) is 0 Å². The fourth-order valence-corrected chi connectivity index (χ4v) is 2.35. The molecule has 0 radical (unpaired) electrons. The maximum Gasteiger partial charge on any atom is 0.0718 e. The van der Waals surface area contributed by atoms with Crippen molar-refractivity contribution < 1.29 is 5.11 Å². The molecule has 2 unspecified atom stereocenters. The van der Waals surface area contributed by atoms with Gasteiger partial charge in [-0.3, -0.25) is 4.90 Å². The number of rotatable bonds is 3. The van der Waals surface area contributed by atoms with Gasteiger partial charge in [-0.1, -0.05) is 6.42 Å². The second-order valence-electron chi connectivity index (χ2n) is 4.96. The highest BCUT2D eigenvalue weighted by molar-refractivity contribution is 4.97. The summed E-state index contributed by atoms with van der Waals surface area (Å²) in [6, 6.07) is 2.70. The zero-order valence-corrected chi connectivity index (χ0v) is 9.32. The van der Waals surface area contributed by atoms with Crippen molar-refractivity contribution >= 4 is 0 Å². The van der Waals surface area contributed by atoms with Crippen molar-refractivity contribution in [3.05, 3.63) is 0 Å². The minimum absolute atomic E-state index is 0.155. The molecule has 1 saturated carbocycles. The quantitative estimate of drug-likeness (QED) is 0.742. The summed E-state index contributed by atoms with van der Waals surface area (Å²) in [6.07, 6.45) is 3.24. The largest absolute Gasteiger partial charge is 0.389 e. The molecule has 0 aromatic rings. The summed E-state index contributed by atoms with van der Waals surface area (Å²) in [7, 11) is 2.00. The van der Waals surface area contributed by atoms with Gasteiger partial charge in [0.1, 0.15) is 0 Å². The first kappa shape index (κ1) is 11.5. The van der Waals surface area contributed by atoms with E-state index in [0.717, 1.165) is 19.3 Å². The molecule has 1 N–H and O–H groups in total. The number of hydrogen-bond acceptors (Lipinski definition) is 3. The number of nitriles is 1. The second-order valence-corrected chi connectivity index (χ2v) is 4.96. The molecule has 0 heterocycles. The first-order valence-corrected chi connectivity index (χ1v) is 5.26. The molecule has 0 aromatic carbocycles. The smallest absolute Gasteiger partial charge is 0.0718 e. The summed E-state index contributed by atoms with van der Waals surface area (Å²) in [5.74, 6) is 0.155. The van der Waals surface area contributed by atoms with Crippen molar-refractivity contribution in [3.8, 4) is 6.07 Å². The Bertz CT molecular complexity index is 226. The van der Waals surface area contributed by atoms with E-state index < -0.39 is 5.60 Å². The molecule has 1 aliphatic carbocycles. The van der Waals surface area contributed by atoms with Crippen molar-refractivity contribution in [2.45, 2.75) is 44.8 Å². The van der Waals surface area contributed by atoms with Crippen LogP contribution in [0.5, 0.6) is 0 Å². The Balaban J connectivity index is 2.52. The van der Waals surface area contributed by atoms with E-state index in [0.29, 0.717) is 12.6 Å². The number of aliphatic hydroxyl groups is 1. The molecule has 14 heavy (non-hydrogen) atoms. The standard InChI is InChI=1S/C11H20N2O/c1-11(2,14)8-13(3)10-6-4-5-9(10)7-12/h9-10,14H,4-6,8H2,1-3H3. The van der Waals surface area contributed by atoms with Gasteiger partial charge in [0, 0.05) is 12.6 Å². The minimum atomic E-state index is -0.669. The zero-order chi connectivity index (χ0) is 10.8. The van der Waals surface area contributed by atoms with E-state index in [-0.39, 0.29) is 5.92 Å². The number of likely N-dealkylation sites (N-methyl/N-ethyl adjacent to an activating group) is 1. The Labute approximate surface area is 86.3 Å². The van der Waals surface area contributed by atoms with Crippen LogP contribution in [-0.2, 0) is 0 Å². The van der Waals surface area contributed by atoms with Crippen LogP contribution in [0.1, 0.15) is 33.1 Å². The van der Waals surface area contributed by atoms with Crippen molar-refractivity contribution in [1.82, 2.24) is 4.90 Å². The Morgan fingerprint density at radius 2 is 2.14 bits per heavy atom. The predicted octanol–water partition coefficient (Wildman–Crippen LogP) is 1.38. The third-order valence-corrected chi connectivity index (χ3v) is 2.85. The zero-order valence-electron chi connectivity index (χ0n) is 9.32. The molecule has 3 nitrogen and oxygen atoms in total. The van der Waals surface area contributed by atoms with Crippen LogP contribution < -0.4 is 0 Å². The molecule has 0 saturated heterocycles. The lowest BCUT2D eigenvalue weighted by Gasteiger charge is -2.31. The molecule has 3 heteroatoms. The van der Waals surface area contributed by atoms with E-state index in [1.54, 1.807) is 13.8 Å². The van der Waals surface area contributed by atoms with Crippen LogP contribution in [0.15, 0.2) is 0 Å². The summed E-state index contributed by atoms with van der Waals surface area (Å²) in [5.41, 5.74) is -0.669. The van der Waals surface area contributed by atoms with Gasteiger partial charge in [-0.2, -0.15) is 5.26 Å². The van der Waals surface area contributed by atoms with E-state index in [1.165, 1.54) is 0 Å². The molecule has 0 spiro atoms. The fraction of sp³-hybridized carbons (Fsp3) is 0.909. The Hall–Kier alpha value is -0.590. The monoisotopic (exact) mass is 196 g/mol. The highest BCUT2D eigenvalue weighted by Gasteiger charge is 2.32. The molecular weight excluding hydrogens is 176 g/mol. The first-order chi connectivity index (χ1) is 6.44. The Kier molecular flexibility index (Phi) is 3.52. The molecule has 2 atom stereocenters. The van der Waals surface area contributed by atoms with Crippen LogP contribution in [0.2, 0.25) is 0 Å². The number of nitrogens with zero attached hydrogens (tertiary/aromatic N) is 2. The third-order valence-electron chi connectivity index (χ3n) is 2.85. The highest BCUT2D eigenvalue weighted by atomic mass is 16.3. The maximum atomic E-state index is 9.68. The van der Waals surface area contributed by atoms with Gasteiger partial charge in [0.05, 0.1) is 17.6 Å². The molecule has 80 valence electrons. The van der Waals surface area contributed by atoms with Gasteiger partial charge in [-0.25, -0.2) is 0 Å². The van der Waals surface area contributed by atoms with E-state index in [9.17, 15) is 5.11 Å². The van der Waals surface area contributed by atoms with E-state index in [4.69, 9.17) is 5.26 Å². The van der Waals surface area contributed by atoms with Gasteiger partial charge in [-0.05, 0) is 33.7 Å². The molecular formula is C11H20N2O. The number of hydrogen-bond donors (Lipinski definition) is 1. The average molecular weight is 196 g/mol. The SMILES string of the molecule is CN(CC(C)(C)O)C1CCCC1C#N. The lowest BCUT2D eigenvalue weighted by atomic mass is 10.0. The average Bonchev–Trinajstić information content (AvgIpc) is 2.47. The van der Waals surface area contributed by atoms with Gasteiger partial charge in [-0.15, -0.1) is 0 Å².